The lowest BCUT2D eigenvalue weighted by molar-refractivity contribution is 0.153. The molecule has 1 aromatic carbocycles. The van der Waals surface area contributed by atoms with Gasteiger partial charge in [-0.05, 0) is 35.9 Å². The van der Waals surface area contributed by atoms with E-state index in [4.69, 9.17) is 11.6 Å². The monoisotopic (exact) mass is 465 g/mol. The van der Waals surface area contributed by atoms with E-state index in [2.05, 4.69) is 47.0 Å². The van der Waals surface area contributed by atoms with Crippen LogP contribution in [0.25, 0.3) is 5.69 Å². The molecule has 10 heteroatoms. The highest BCUT2D eigenvalue weighted by Crippen LogP contribution is 2.43. The molecule has 2 saturated heterocycles. The molecule has 2 aromatic heterocycles. The predicted molar refractivity (Wildman–Crippen MR) is 123 cm³/mol. The first-order valence-electron chi connectivity index (χ1n) is 9.56. The van der Waals surface area contributed by atoms with E-state index in [1.807, 2.05) is 30.5 Å². The lowest BCUT2D eigenvalue weighted by Gasteiger charge is -2.60. The van der Waals surface area contributed by atoms with Gasteiger partial charge in [-0.15, -0.1) is 35.0 Å². The number of aromatic nitrogens is 4. The summed E-state index contributed by atoms with van der Waals surface area (Å²) in [5.41, 5.74) is 2.64. The second kappa shape index (κ2) is 7.89. The summed E-state index contributed by atoms with van der Waals surface area (Å²) in [6.45, 7) is 5.59. The summed E-state index contributed by atoms with van der Waals surface area (Å²) in [4.78, 5) is 9.16. The molecule has 1 N–H and O–H groups in total. The fourth-order valence-electron chi connectivity index (χ4n) is 4.67. The standard InChI is InChI=1S/C20H20ClN7.2ClH/c21-15-4-5-16-14(7-15)8-22-9-18-24-25-19(28(16)18)27-12-20(13-27)10-26(11-20)17-3-1-2-6-23-17;;/h1-7,22H,8-13H2;2*1H. The van der Waals surface area contributed by atoms with E-state index in [0.29, 0.717) is 12.0 Å². The molecular formula is C20H22Cl3N7. The molecule has 158 valence electrons. The number of hydrogen-bond donors (Lipinski definition) is 1. The zero-order valence-corrected chi connectivity index (χ0v) is 18.6. The second-order valence-corrected chi connectivity index (χ2v) is 8.46. The van der Waals surface area contributed by atoms with E-state index in [1.165, 1.54) is 5.56 Å². The summed E-state index contributed by atoms with van der Waals surface area (Å²) in [5, 5.41) is 13.2. The Balaban J connectivity index is 0.00000109. The van der Waals surface area contributed by atoms with E-state index < -0.39 is 0 Å². The average molecular weight is 467 g/mol. The van der Waals surface area contributed by atoms with Crippen LogP contribution in [0.4, 0.5) is 11.8 Å². The van der Waals surface area contributed by atoms with E-state index in [-0.39, 0.29) is 24.8 Å². The third-order valence-electron chi connectivity index (χ3n) is 5.96. The van der Waals surface area contributed by atoms with Crippen molar-refractivity contribution in [3.8, 4) is 5.69 Å². The summed E-state index contributed by atoms with van der Waals surface area (Å²) in [6.07, 6.45) is 1.86. The maximum Gasteiger partial charge on any atom is 0.231 e. The van der Waals surface area contributed by atoms with Crippen molar-refractivity contribution in [1.82, 2.24) is 25.1 Å². The molecule has 0 radical (unpaired) electrons. The van der Waals surface area contributed by atoms with Crippen molar-refractivity contribution in [1.29, 1.82) is 0 Å². The highest BCUT2D eigenvalue weighted by molar-refractivity contribution is 6.30. The van der Waals surface area contributed by atoms with Crippen LogP contribution >= 0.6 is 36.4 Å². The number of hydrogen-bond acceptors (Lipinski definition) is 6. The van der Waals surface area contributed by atoms with Gasteiger partial charge in [0.25, 0.3) is 0 Å². The summed E-state index contributed by atoms with van der Waals surface area (Å²) < 4.78 is 2.19. The summed E-state index contributed by atoms with van der Waals surface area (Å²) in [7, 11) is 0. The zero-order valence-electron chi connectivity index (χ0n) is 16.2. The van der Waals surface area contributed by atoms with Crippen LogP contribution < -0.4 is 15.1 Å². The molecule has 5 heterocycles. The molecule has 0 aliphatic carbocycles. The highest BCUT2D eigenvalue weighted by atomic mass is 35.5. The van der Waals surface area contributed by atoms with Gasteiger partial charge in [0, 0.05) is 49.4 Å². The molecule has 3 aromatic rings. The lowest BCUT2D eigenvalue weighted by Crippen LogP contribution is -2.73. The van der Waals surface area contributed by atoms with Crippen molar-refractivity contribution in [3.05, 3.63) is 59.0 Å². The molecule has 0 unspecified atom stereocenters. The fourth-order valence-corrected chi connectivity index (χ4v) is 4.86. The summed E-state index contributed by atoms with van der Waals surface area (Å²) >= 11 is 6.21. The molecule has 0 amide bonds. The Morgan fingerprint density at radius 2 is 1.73 bits per heavy atom. The van der Waals surface area contributed by atoms with Crippen molar-refractivity contribution in [3.63, 3.8) is 0 Å². The Morgan fingerprint density at radius 1 is 0.933 bits per heavy atom. The lowest BCUT2D eigenvalue weighted by atomic mass is 9.73. The van der Waals surface area contributed by atoms with E-state index in [1.54, 1.807) is 0 Å². The van der Waals surface area contributed by atoms with Crippen molar-refractivity contribution < 1.29 is 0 Å². The topological polar surface area (TPSA) is 62.1 Å². The third kappa shape index (κ3) is 3.30. The molecule has 2 fully saturated rings. The van der Waals surface area contributed by atoms with Crippen LogP contribution in [0.1, 0.15) is 11.4 Å². The van der Waals surface area contributed by atoms with Crippen LogP contribution in [-0.2, 0) is 13.1 Å². The normalized spacial score (nSPS) is 18.2. The molecule has 0 atom stereocenters. The number of benzene rings is 1. The van der Waals surface area contributed by atoms with Gasteiger partial charge in [0.05, 0.1) is 12.2 Å². The van der Waals surface area contributed by atoms with Crippen molar-refractivity contribution in [2.24, 2.45) is 5.41 Å². The molecule has 0 saturated carbocycles. The number of nitrogens with one attached hydrogen (secondary N) is 1. The maximum absolute atomic E-state index is 6.21. The van der Waals surface area contributed by atoms with Crippen LogP contribution in [0.5, 0.6) is 0 Å². The van der Waals surface area contributed by atoms with Crippen LogP contribution in [-0.4, -0.2) is 45.9 Å². The van der Waals surface area contributed by atoms with Gasteiger partial charge in [-0.1, -0.05) is 17.7 Å². The Bertz CT molecular complexity index is 1040. The van der Waals surface area contributed by atoms with Crippen molar-refractivity contribution >= 4 is 48.2 Å². The summed E-state index contributed by atoms with van der Waals surface area (Å²) in [6, 6.07) is 12.1. The smallest absolute Gasteiger partial charge is 0.231 e. The maximum atomic E-state index is 6.21. The first-order chi connectivity index (χ1) is 13.7. The minimum Gasteiger partial charge on any atom is -0.355 e. The van der Waals surface area contributed by atoms with Gasteiger partial charge < -0.3 is 15.1 Å². The van der Waals surface area contributed by atoms with Crippen LogP contribution in [0.2, 0.25) is 5.02 Å². The number of pyridine rings is 1. The highest BCUT2D eigenvalue weighted by Gasteiger charge is 2.53. The number of anilines is 2. The molecule has 1 spiro atoms. The minimum atomic E-state index is 0. The van der Waals surface area contributed by atoms with E-state index in [0.717, 1.165) is 61.0 Å². The van der Waals surface area contributed by atoms with Gasteiger partial charge in [0.2, 0.25) is 5.95 Å². The number of fused-ring (bicyclic) bond motifs is 3. The first kappa shape index (κ1) is 21.2. The minimum absolute atomic E-state index is 0. The predicted octanol–water partition coefficient (Wildman–Crippen LogP) is 3.09. The second-order valence-electron chi connectivity index (χ2n) is 8.03. The Labute approximate surface area is 192 Å². The van der Waals surface area contributed by atoms with Gasteiger partial charge in [-0.3, -0.25) is 4.57 Å². The SMILES string of the molecule is Cl.Cl.Clc1ccc2c(c1)CNCc1nnc(N3CC4(CN(c5ccccn5)C4)C3)n1-2. The molecule has 3 aliphatic heterocycles. The van der Waals surface area contributed by atoms with E-state index >= 15 is 0 Å². The quantitative estimate of drug-likeness (QED) is 0.626. The Kier molecular flexibility index (Phi) is 5.57. The van der Waals surface area contributed by atoms with Gasteiger partial charge in [-0.25, -0.2) is 4.98 Å². The first-order valence-corrected chi connectivity index (χ1v) is 9.93. The van der Waals surface area contributed by atoms with Crippen molar-refractivity contribution in [2.45, 2.75) is 13.1 Å². The molecule has 6 rings (SSSR count). The zero-order chi connectivity index (χ0) is 18.7. The van der Waals surface area contributed by atoms with Gasteiger partial charge in [-0.2, -0.15) is 0 Å². The Hall–Kier alpha value is -2.06. The fraction of sp³-hybridized carbons (Fsp3) is 0.350. The Morgan fingerprint density at radius 3 is 2.50 bits per heavy atom. The van der Waals surface area contributed by atoms with Crippen LogP contribution in [0, 0.1) is 5.41 Å². The summed E-state index contributed by atoms with van der Waals surface area (Å²) in [5.74, 6) is 2.95. The molecular weight excluding hydrogens is 445 g/mol. The third-order valence-corrected chi connectivity index (χ3v) is 6.19. The average Bonchev–Trinajstić information content (AvgIpc) is 2.95. The van der Waals surface area contributed by atoms with Gasteiger partial charge in [0.15, 0.2) is 5.82 Å². The molecule has 30 heavy (non-hydrogen) atoms. The van der Waals surface area contributed by atoms with Crippen LogP contribution in [0.3, 0.4) is 0 Å². The van der Waals surface area contributed by atoms with Crippen molar-refractivity contribution in [2.75, 3.05) is 36.0 Å². The molecule has 0 bridgehead atoms. The largest absolute Gasteiger partial charge is 0.355 e. The number of nitrogens with zero attached hydrogens (tertiary/aromatic N) is 6. The number of rotatable bonds is 2. The van der Waals surface area contributed by atoms with Gasteiger partial charge >= 0.3 is 0 Å². The van der Waals surface area contributed by atoms with Crippen LogP contribution in [0.15, 0.2) is 42.6 Å². The molecule has 7 nitrogen and oxygen atoms in total. The number of halogens is 3. The molecule has 3 aliphatic rings. The van der Waals surface area contributed by atoms with E-state index in [9.17, 15) is 0 Å². The van der Waals surface area contributed by atoms with Gasteiger partial charge in [0.1, 0.15) is 5.82 Å².